The van der Waals surface area contributed by atoms with E-state index in [9.17, 15) is 4.79 Å². The van der Waals surface area contributed by atoms with Crippen molar-refractivity contribution in [2.45, 2.75) is 12.8 Å². The van der Waals surface area contributed by atoms with Crippen molar-refractivity contribution in [2.75, 3.05) is 12.4 Å². The van der Waals surface area contributed by atoms with Crippen LogP contribution in [0.15, 0.2) is 36.7 Å². The molecule has 7 heteroatoms. The Morgan fingerprint density at radius 2 is 2.15 bits per heavy atom. The molecule has 0 unspecified atom stereocenters. The molecular weight excluding hydrogens is 330 g/mol. The molecule has 1 amide bonds. The van der Waals surface area contributed by atoms with Gasteiger partial charge in [0.25, 0.3) is 0 Å². The third-order valence-electron chi connectivity index (χ3n) is 4.79. The lowest BCUT2D eigenvalue weighted by Gasteiger charge is -2.08. The number of methoxy groups -OCH3 is 1. The second kappa shape index (κ2) is 5.59. The van der Waals surface area contributed by atoms with Crippen LogP contribution in [0.25, 0.3) is 33.1 Å². The first-order valence-electron chi connectivity index (χ1n) is 8.53. The number of benzene rings is 1. The molecule has 0 atom stereocenters. The first kappa shape index (κ1) is 14.9. The van der Waals surface area contributed by atoms with Crippen LogP contribution in [0.4, 0.5) is 5.82 Å². The van der Waals surface area contributed by atoms with E-state index in [1.807, 2.05) is 30.5 Å². The summed E-state index contributed by atoms with van der Waals surface area (Å²) in [5, 5.41) is 11.9. The quantitative estimate of drug-likeness (QED) is 0.527. The van der Waals surface area contributed by atoms with E-state index in [1.54, 1.807) is 13.3 Å². The van der Waals surface area contributed by atoms with Gasteiger partial charge < -0.3 is 15.0 Å². The SMILES string of the molecule is COc1cc2[nH]ncc2cc1-c1c[nH]c2nc(NC(=O)C3CC3)ccc12. The normalized spacial score (nSPS) is 14.0. The maximum absolute atomic E-state index is 11.9. The molecule has 26 heavy (non-hydrogen) atoms. The number of aromatic nitrogens is 4. The van der Waals surface area contributed by atoms with Crippen molar-refractivity contribution < 1.29 is 9.53 Å². The summed E-state index contributed by atoms with van der Waals surface area (Å²) in [5.74, 6) is 1.53. The van der Waals surface area contributed by atoms with Crippen LogP contribution in [-0.2, 0) is 4.79 Å². The van der Waals surface area contributed by atoms with E-state index in [1.165, 1.54) is 0 Å². The van der Waals surface area contributed by atoms with Crippen LogP contribution in [0.3, 0.4) is 0 Å². The third kappa shape index (κ3) is 2.40. The van der Waals surface area contributed by atoms with Crippen LogP contribution in [0.2, 0.25) is 0 Å². The van der Waals surface area contributed by atoms with Crippen LogP contribution in [-0.4, -0.2) is 33.2 Å². The fourth-order valence-electron chi connectivity index (χ4n) is 3.22. The summed E-state index contributed by atoms with van der Waals surface area (Å²) in [6, 6.07) is 7.79. The van der Waals surface area contributed by atoms with Crippen LogP contribution in [0.1, 0.15) is 12.8 Å². The van der Waals surface area contributed by atoms with Gasteiger partial charge >= 0.3 is 0 Å². The highest BCUT2D eigenvalue weighted by Gasteiger charge is 2.29. The molecule has 0 radical (unpaired) electrons. The Morgan fingerprint density at radius 3 is 2.96 bits per heavy atom. The standard InChI is InChI=1S/C19H17N5O2/c1-26-16-7-15-11(8-21-24-15)6-13(16)14-9-20-18-12(14)4-5-17(22-18)23-19(25)10-2-3-10/h4-10H,2-3H2,1H3,(H,21,24)(H2,20,22,23,25). The molecule has 0 spiro atoms. The van der Waals surface area contributed by atoms with Crippen LogP contribution in [0, 0.1) is 5.92 Å². The number of amides is 1. The first-order valence-corrected chi connectivity index (χ1v) is 8.53. The van der Waals surface area contributed by atoms with Gasteiger partial charge in [0.05, 0.1) is 18.8 Å². The highest BCUT2D eigenvalue weighted by atomic mass is 16.5. The fourth-order valence-corrected chi connectivity index (χ4v) is 3.22. The topological polar surface area (TPSA) is 95.7 Å². The minimum atomic E-state index is 0.0516. The van der Waals surface area contributed by atoms with Gasteiger partial charge in [-0.1, -0.05) is 0 Å². The summed E-state index contributed by atoms with van der Waals surface area (Å²) < 4.78 is 5.57. The van der Waals surface area contributed by atoms with Crippen LogP contribution >= 0.6 is 0 Å². The molecule has 1 saturated carbocycles. The van der Waals surface area contributed by atoms with Gasteiger partial charge in [0, 0.05) is 40.1 Å². The van der Waals surface area contributed by atoms with E-state index in [0.717, 1.165) is 51.7 Å². The van der Waals surface area contributed by atoms with Crippen molar-refractivity contribution in [3.63, 3.8) is 0 Å². The van der Waals surface area contributed by atoms with Gasteiger partial charge in [-0.15, -0.1) is 0 Å². The number of hydrogen-bond donors (Lipinski definition) is 3. The Morgan fingerprint density at radius 1 is 1.27 bits per heavy atom. The monoisotopic (exact) mass is 347 g/mol. The third-order valence-corrected chi connectivity index (χ3v) is 4.79. The van der Waals surface area contributed by atoms with E-state index in [-0.39, 0.29) is 11.8 Å². The zero-order chi connectivity index (χ0) is 17.7. The van der Waals surface area contributed by atoms with E-state index in [4.69, 9.17) is 4.74 Å². The minimum Gasteiger partial charge on any atom is -0.496 e. The van der Waals surface area contributed by atoms with Crippen LogP contribution in [0.5, 0.6) is 5.75 Å². The van der Waals surface area contributed by atoms with E-state index in [2.05, 4.69) is 25.5 Å². The number of nitrogens with zero attached hydrogens (tertiary/aromatic N) is 2. The Balaban J connectivity index is 1.58. The summed E-state index contributed by atoms with van der Waals surface area (Å²) in [5.41, 5.74) is 3.60. The predicted molar refractivity (Wildman–Crippen MR) is 99.1 cm³/mol. The van der Waals surface area contributed by atoms with Crippen molar-refractivity contribution in [1.82, 2.24) is 20.2 Å². The highest BCUT2D eigenvalue weighted by molar-refractivity contribution is 6.00. The second-order valence-corrected chi connectivity index (χ2v) is 6.57. The molecule has 3 heterocycles. The lowest BCUT2D eigenvalue weighted by Crippen LogP contribution is -2.14. The summed E-state index contributed by atoms with van der Waals surface area (Å²) in [6.07, 6.45) is 5.64. The zero-order valence-corrected chi connectivity index (χ0v) is 14.2. The molecule has 7 nitrogen and oxygen atoms in total. The smallest absolute Gasteiger partial charge is 0.228 e. The molecular formula is C19H17N5O2. The molecule has 1 fully saturated rings. The maximum Gasteiger partial charge on any atom is 0.228 e. The number of ether oxygens (including phenoxy) is 1. The van der Waals surface area contributed by atoms with E-state index >= 15 is 0 Å². The summed E-state index contributed by atoms with van der Waals surface area (Å²) in [6.45, 7) is 0. The molecule has 3 aromatic heterocycles. The summed E-state index contributed by atoms with van der Waals surface area (Å²) in [7, 11) is 1.65. The number of carbonyl (C=O) groups is 1. The molecule has 1 aliphatic carbocycles. The van der Waals surface area contributed by atoms with E-state index < -0.39 is 0 Å². The van der Waals surface area contributed by atoms with Crippen LogP contribution < -0.4 is 10.1 Å². The molecule has 1 aliphatic rings. The molecule has 3 N–H and O–H groups in total. The average molecular weight is 347 g/mol. The van der Waals surface area contributed by atoms with Gasteiger partial charge in [-0.3, -0.25) is 9.89 Å². The predicted octanol–water partition coefficient (Wildman–Crippen LogP) is 3.46. The second-order valence-electron chi connectivity index (χ2n) is 6.57. The fraction of sp³-hybridized carbons (Fsp3) is 0.211. The minimum absolute atomic E-state index is 0.0516. The number of H-pyrrole nitrogens is 2. The molecule has 4 aromatic rings. The summed E-state index contributed by atoms with van der Waals surface area (Å²) in [4.78, 5) is 19.7. The number of fused-ring (bicyclic) bond motifs is 2. The van der Waals surface area contributed by atoms with Gasteiger partial charge in [-0.05, 0) is 31.0 Å². The number of hydrogen-bond acceptors (Lipinski definition) is 4. The van der Waals surface area contributed by atoms with Gasteiger partial charge in [0.1, 0.15) is 17.2 Å². The molecule has 0 saturated heterocycles. The van der Waals surface area contributed by atoms with Gasteiger partial charge in [0.15, 0.2) is 0 Å². The van der Waals surface area contributed by atoms with Gasteiger partial charge in [-0.25, -0.2) is 4.98 Å². The lowest BCUT2D eigenvalue weighted by molar-refractivity contribution is -0.117. The lowest BCUT2D eigenvalue weighted by atomic mass is 10.0. The highest BCUT2D eigenvalue weighted by Crippen LogP contribution is 2.37. The Bertz CT molecular complexity index is 1140. The molecule has 5 rings (SSSR count). The average Bonchev–Trinajstić information content (AvgIpc) is 3.27. The number of rotatable bonds is 4. The molecule has 0 bridgehead atoms. The number of carbonyl (C=O) groups excluding carboxylic acids is 1. The number of aromatic amines is 2. The first-order chi connectivity index (χ1) is 12.7. The largest absolute Gasteiger partial charge is 0.496 e. The Labute approximate surface area is 148 Å². The Kier molecular flexibility index (Phi) is 3.21. The van der Waals surface area contributed by atoms with E-state index in [0.29, 0.717) is 5.82 Å². The van der Waals surface area contributed by atoms with Gasteiger partial charge in [0.2, 0.25) is 5.91 Å². The zero-order valence-electron chi connectivity index (χ0n) is 14.2. The van der Waals surface area contributed by atoms with Crippen molar-refractivity contribution in [2.24, 2.45) is 5.92 Å². The van der Waals surface area contributed by atoms with Crippen molar-refractivity contribution in [1.29, 1.82) is 0 Å². The van der Waals surface area contributed by atoms with Crippen molar-refractivity contribution in [3.8, 4) is 16.9 Å². The number of anilines is 1. The number of nitrogens with one attached hydrogen (secondary N) is 3. The molecule has 1 aromatic carbocycles. The molecule has 0 aliphatic heterocycles. The van der Waals surface area contributed by atoms with Gasteiger partial charge in [-0.2, -0.15) is 5.10 Å². The summed E-state index contributed by atoms with van der Waals surface area (Å²) >= 11 is 0. The Hall–Kier alpha value is -3.35. The number of pyridine rings is 1. The van der Waals surface area contributed by atoms with Crippen molar-refractivity contribution >= 4 is 33.7 Å². The maximum atomic E-state index is 11.9. The molecule has 130 valence electrons. The van der Waals surface area contributed by atoms with Crippen molar-refractivity contribution in [3.05, 3.63) is 36.7 Å².